The van der Waals surface area contributed by atoms with E-state index >= 15 is 0 Å². The number of rotatable bonds is 4. The van der Waals surface area contributed by atoms with Crippen LogP contribution >= 0.6 is 0 Å². The molecule has 0 amide bonds. The average Bonchev–Trinajstić information content (AvgIpc) is 2.74. The summed E-state index contributed by atoms with van der Waals surface area (Å²) in [5.74, 6) is 0.772. The van der Waals surface area contributed by atoms with E-state index < -0.39 is 0 Å². The Bertz CT molecular complexity index is 960. The van der Waals surface area contributed by atoms with E-state index in [1.165, 1.54) is 0 Å². The summed E-state index contributed by atoms with van der Waals surface area (Å²) >= 11 is 0. The SMILES string of the molecule is Nc1ncccc1C(=O)c1cccc(N2CCNC(c3cccnc3)C2)n1.[HH].[HH].[HH]. The van der Waals surface area contributed by atoms with Crippen molar-refractivity contribution >= 4 is 17.4 Å². The molecule has 4 rings (SSSR count). The number of carbonyl (C=O) groups is 1. The molecule has 1 saturated heterocycles. The van der Waals surface area contributed by atoms with Crippen molar-refractivity contribution in [3.63, 3.8) is 0 Å². The van der Waals surface area contributed by atoms with Crippen molar-refractivity contribution < 1.29 is 9.07 Å². The first-order valence-corrected chi connectivity index (χ1v) is 8.83. The van der Waals surface area contributed by atoms with Gasteiger partial charge in [-0.25, -0.2) is 9.97 Å². The van der Waals surface area contributed by atoms with Crippen molar-refractivity contribution in [2.24, 2.45) is 0 Å². The van der Waals surface area contributed by atoms with Crippen LogP contribution in [0.3, 0.4) is 0 Å². The van der Waals surface area contributed by atoms with Gasteiger partial charge in [0.15, 0.2) is 0 Å². The van der Waals surface area contributed by atoms with Crippen LogP contribution in [0.15, 0.2) is 61.1 Å². The summed E-state index contributed by atoms with van der Waals surface area (Å²) in [7, 11) is 0. The van der Waals surface area contributed by atoms with E-state index in [0.717, 1.165) is 31.0 Å². The number of nitrogens with zero attached hydrogens (tertiary/aromatic N) is 4. The van der Waals surface area contributed by atoms with Crippen LogP contribution in [-0.4, -0.2) is 40.4 Å². The highest BCUT2D eigenvalue weighted by atomic mass is 16.1. The standard InChI is InChI=1S/C20H20N6O.3H2/c21-20-15(5-3-9-24-20)19(27)16-6-1-7-18(25-16)26-11-10-23-17(13-26)14-4-2-8-22-12-14;;;/h1-9,12,17,23H,10-11,13H2,(H2,21,24);3*1H. The van der Waals surface area contributed by atoms with Crippen LogP contribution in [-0.2, 0) is 0 Å². The Hall–Kier alpha value is -3.32. The number of ketones is 1. The maximum Gasteiger partial charge on any atom is 0.215 e. The first-order valence-electron chi connectivity index (χ1n) is 8.83. The second-order valence-electron chi connectivity index (χ2n) is 6.39. The van der Waals surface area contributed by atoms with Crippen LogP contribution in [0.25, 0.3) is 0 Å². The number of carbonyl (C=O) groups excluding carboxylic acids is 1. The van der Waals surface area contributed by atoms with E-state index in [0.29, 0.717) is 11.3 Å². The van der Waals surface area contributed by atoms with Gasteiger partial charge in [-0.3, -0.25) is 9.78 Å². The normalized spacial score (nSPS) is 16.9. The summed E-state index contributed by atoms with van der Waals surface area (Å²) < 4.78 is 0. The first-order chi connectivity index (χ1) is 13.2. The molecule has 0 aromatic carbocycles. The average molecular weight is 366 g/mol. The summed E-state index contributed by atoms with van der Waals surface area (Å²) in [4.78, 5) is 27.7. The fourth-order valence-electron chi connectivity index (χ4n) is 3.24. The smallest absolute Gasteiger partial charge is 0.215 e. The third-order valence-corrected chi connectivity index (χ3v) is 4.64. The summed E-state index contributed by atoms with van der Waals surface area (Å²) in [6, 6.07) is 13.0. The molecule has 0 bridgehead atoms. The fourth-order valence-corrected chi connectivity index (χ4v) is 3.24. The second-order valence-corrected chi connectivity index (χ2v) is 6.39. The van der Waals surface area contributed by atoms with Crippen molar-refractivity contribution in [3.05, 3.63) is 77.9 Å². The lowest BCUT2D eigenvalue weighted by molar-refractivity contribution is 0.103. The minimum atomic E-state index is -0.221. The molecule has 1 unspecified atom stereocenters. The molecule has 4 heterocycles. The molecule has 3 aromatic rings. The Labute approximate surface area is 161 Å². The van der Waals surface area contributed by atoms with Crippen molar-refractivity contribution in [2.45, 2.75) is 6.04 Å². The summed E-state index contributed by atoms with van der Waals surface area (Å²) in [5, 5.41) is 3.50. The van der Waals surface area contributed by atoms with Crippen molar-refractivity contribution in [2.75, 3.05) is 30.3 Å². The van der Waals surface area contributed by atoms with E-state index in [1.807, 2.05) is 24.4 Å². The highest BCUT2D eigenvalue weighted by molar-refractivity contribution is 6.10. The molecule has 0 aliphatic carbocycles. The summed E-state index contributed by atoms with van der Waals surface area (Å²) in [5.41, 5.74) is 7.71. The molecule has 27 heavy (non-hydrogen) atoms. The minimum absolute atomic E-state index is 0. The molecule has 1 atom stereocenters. The number of aromatic nitrogens is 3. The lowest BCUT2D eigenvalue weighted by atomic mass is 10.1. The van der Waals surface area contributed by atoms with Crippen LogP contribution in [0, 0.1) is 0 Å². The van der Waals surface area contributed by atoms with E-state index in [-0.39, 0.29) is 21.9 Å². The number of pyridine rings is 3. The Morgan fingerprint density at radius 2 is 2.07 bits per heavy atom. The molecule has 3 aromatic heterocycles. The molecule has 1 fully saturated rings. The van der Waals surface area contributed by atoms with Gasteiger partial charge in [0.1, 0.15) is 17.3 Å². The van der Waals surface area contributed by atoms with Gasteiger partial charge < -0.3 is 16.0 Å². The summed E-state index contributed by atoms with van der Waals surface area (Å²) in [6.07, 6.45) is 5.21. The molecule has 1 aliphatic rings. The van der Waals surface area contributed by atoms with Gasteiger partial charge >= 0.3 is 0 Å². The number of hydrogen-bond acceptors (Lipinski definition) is 7. The van der Waals surface area contributed by atoms with Gasteiger partial charge in [0.25, 0.3) is 0 Å². The zero-order valence-corrected chi connectivity index (χ0v) is 14.7. The van der Waals surface area contributed by atoms with E-state index in [2.05, 4.69) is 31.2 Å². The van der Waals surface area contributed by atoms with Crippen LogP contribution in [0.2, 0.25) is 0 Å². The van der Waals surface area contributed by atoms with Crippen LogP contribution < -0.4 is 16.0 Å². The van der Waals surface area contributed by atoms with Gasteiger partial charge in [0, 0.05) is 42.5 Å². The zero-order valence-electron chi connectivity index (χ0n) is 14.7. The Kier molecular flexibility index (Phi) is 4.76. The molecule has 7 nitrogen and oxygen atoms in total. The Morgan fingerprint density at radius 1 is 1.19 bits per heavy atom. The molecule has 7 heteroatoms. The number of nitrogens with two attached hydrogens (primary N) is 1. The first kappa shape index (κ1) is 17.1. The molecular formula is C20H26N6O. The van der Waals surface area contributed by atoms with E-state index in [4.69, 9.17) is 5.73 Å². The minimum Gasteiger partial charge on any atom is -0.383 e. The molecular weight excluding hydrogens is 340 g/mol. The third kappa shape index (κ3) is 3.63. The quantitative estimate of drug-likeness (QED) is 0.685. The van der Waals surface area contributed by atoms with Gasteiger partial charge in [-0.05, 0) is 35.9 Å². The zero-order chi connectivity index (χ0) is 18.6. The molecule has 0 spiro atoms. The van der Waals surface area contributed by atoms with E-state index in [1.54, 1.807) is 30.6 Å². The fraction of sp³-hybridized carbons (Fsp3) is 0.200. The highest BCUT2D eigenvalue weighted by Crippen LogP contribution is 2.22. The number of hydrogen-bond donors (Lipinski definition) is 2. The summed E-state index contributed by atoms with van der Waals surface area (Å²) in [6.45, 7) is 2.40. The van der Waals surface area contributed by atoms with Gasteiger partial charge in [0.05, 0.1) is 11.6 Å². The number of piperazine rings is 1. The van der Waals surface area contributed by atoms with Gasteiger partial charge in [-0.1, -0.05) is 12.1 Å². The van der Waals surface area contributed by atoms with Crippen molar-refractivity contribution in [1.82, 2.24) is 20.3 Å². The van der Waals surface area contributed by atoms with E-state index in [9.17, 15) is 4.79 Å². The Balaban J connectivity index is 0.00000150. The highest BCUT2D eigenvalue weighted by Gasteiger charge is 2.23. The predicted molar refractivity (Wildman–Crippen MR) is 110 cm³/mol. The Morgan fingerprint density at radius 3 is 2.89 bits per heavy atom. The van der Waals surface area contributed by atoms with Gasteiger partial charge in [-0.2, -0.15) is 0 Å². The topological polar surface area (TPSA) is 97.0 Å². The van der Waals surface area contributed by atoms with Crippen LogP contribution in [0.5, 0.6) is 0 Å². The molecule has 3 N–H and O–H groups in total. The molecule has 1 aliphatic heterocycles. The van der Waals surface area contributed by atoms with Gasteiger partial charge in [-0.15, -0.1) is 0 Å². The number of nitrogen functional groups attached to an aromatic ring is 1. The second kappa shape index (κ2) is 7.51. The number of nitrogens with one attached hydrogen (secondary N) is 1. The maximum absolute atomic E-state index is 12.8. The maximum atomic E-state index is 12.8. The monoisotopic (exact) mass is 366 g/mol. The lowest BCUT2D eigenvalue weighted by Crippen LogP contribution is -2.46. The third-order valence-electron chi connectivity index (χ3n) is 4.64. The molecule has 0 saturated carbocycles. The van der Waals surface area contributed by atoms with Gasteiger partial charge in [0.2, 0.25) is 5.78 Å². The largest absolute Gasteiger partial charge is 0.383 e. The predicted octanol–water partition coefficient (Wildman–Crippen LogP) is 2.57. The van der Waals surface area contributed by atoms with Crippen LogP contribution in [0.4, 0.5) is 11.6 Å². The van der Waals surface area contributed by atoms with Crippen LogP contribution in [0.1, 0.15) is 31.9 Å². The number of anilines is 2. The molecule has 142 valence electrons. The van der Waals surface area contributed by atoms with Crippen molar-refractivity contribution in [1.29, 1.82) is 0 Å². The molecule has 0 radical (unpaired) electrons. The lowest BCUT2D eigenvalue weighted by Gasteiger charge is -2.34. The van der Waals surface area contributed by atoms with Crippen molar-refractivity contribution in [3.8, 4) is 0 Å².